The van der Waals surface area contributed by atoms with Gasteiger partial charge in [0.1, 0.15) is 24.0 Å². The molecule has 0 radical (unpaired) electrons. The topological polar surface area (TPSA) is 55.6 Å². The number of nitrogens with one attached hydrogen (secondary N) is 1. The SMILES string of the molecule is Fc1cc(Br)c(Nn2cnc3cncnc32)c(Br)c1Cl. The molecule has 0 saturated heterocycles. The van der Waals surface area contributed by atoms with Gasteiger partial charge in [0.15, 0.2) is 5.65 Å². The summed E-state index contributed by atoms with van der Waals surface area (Å²) in [6.07, 6.45) is 4.57. The first-order valence-corrected chi connectivity index (χ1v) is 7.27. The van der Waals surface area contributed by atoms with Crippen LogP contribution in [0.1, 0.15) is 0 Å². The van der Waals surface area contributed by atoms with Crippen LogP contribution < -0.4 is 5.43 Å². The minimum Gasteiger partial charge on any atom is -0.289 e. The van der Waals surface area contributed by atoms with Gasteiger partial charge in [-0.25, -0.2) is 24.0 Å². The number of aromatic nitrogens is 4. The number of halogens is 4. The van der Waals surface area contributed by atoms with Crippen molar-refractivity contribution < 1.29 is 4.39 Å². The van der Waals surface area contributed by atoms with E-state index in [1.54, 1.807) is 17.2 Å². The lowest BCUT2D eigenvalue weighted by Crippen LogP contribution is -2.09. The van der Waals surface area contributed by atoms with Gasteiger partial charge in [0.2, 0.25) is 0 Å². The maximum Gasteiger partial charge on any atom is 0.182 e. The standard InChI is InChI=1S/C11H5Br2ClFN5/c12-5-1-6(15)9(14)8(13)10(5)19-20-4-18-7-2-16-3-17-11(7)20/h1-4,19H. The first-order valence-electron chi connectivity index (χ1n) is 5.31. The molecule has 0 bridgehead atoms. The largest absolute Gasteiger partial charge is 0.289 e. The van der Waals surface area contributed by atoms with Crippen LogP contribution in [0.25, 0.3) is 11.2 Å². The minimum absolute atomic E-state index is 0.00486. The fourth-order valence-corrected chi connectivity index (χ4v) is 3.03. The van der Waals surface area contributed by atoms with Crippen molar-refractivity contribution in [3.63, 3.8) is 0 Å². The van der Waals surface area contributed by atoms with Crippen molar-refractivity contribution in [2.24, 2.45) is 0 Å². The molecule has 1 aromatic carbocycles. The lowest BCUT2D eigenvalue weighted by Gasteiger charge is -2.13. The van der Waals surface area contributed by atoms with Gasteiger partial charge in [0.05, 0.1) is 21.4 Å². The fraction of sp³-hybridized carbons (Fsp3) is 0. The molecule has 9 heteroatoms. The predicted molar refractivity (Wildman–Crippen MR) is 81.2 cm³/mol. The van der Waals surface area contributed by atoms with Crippen LogP contribution in [0, 0.1) is 5.82 Å². The summed E-state index contributed by atoms with van der Waals surface area (Å²) in [6, 6.07) is 1.28. The van der Waals surface area contributed by atoms with Gasteiger partial charge in [0, 0.05) is 4.47 Å². The summed E-state index contributed by atoms with van der Waals surface area (Å²) in [5, 5.41) is -0.00486. The third-order valence-electron chi connectivity index (χ3n) is 2.56. The van der Waals surface area contributed by atoms with E-state index in [0.29, 0.717) is 25.8 Å². The van der Waals surface area contributed by atoms with E-state index in [4.69, 9.17) is 11.6 Å². The normalized spacial score (nSPS) is 11.0. The molecule has 3 aromatic rings. The Hall–Kier alpha value is -1.25. The molecule has 3 rings (SSSR count). The molecule has 20 heavy (non-hydrogen) atoms. The maximum atomic E-state index is 13.5. The second kappa shape index (κ2) is 5.27. The van der Waals surface area contributed by atoms with Gasteiger partial charge in [-0.15, -0.1) is 0 Å². The Morgan fingerprint density at radius 1 is 1.30 bits per heavy atom. The molecular formula is C11H5Br2ClFN5. The molecule has 102 valence electrons. The number of anilines is 1. The van der Waals surface area contributed by atoms with E-state index in [-0.39, 0.29) is 5.02 Å². The van der Waals surface area contributed by atoms with E-state index >= 15 is 0 Å². The Bertz CT molecular complexity index is 807. The second-order valence-electron chi connectivity index (χ2n) is 3.80. The molecular weight excluding hydrogens is 416 g/mol. The molecule has 0 amide bonds. The van der Waals surface area contributed by atoms with Crippen LogP contribution in [-0.4, -0.2) is 19.6 Å². The van der Waals surface area contributed by atoms with Crippen LogP contribution in [-0.2, 0) is 0 Å². The van der Waals surface area contributed by atoms with E-state index in [1.165, 1.54) is 12.4 Å². The van der Waals surface area contributed by atoms with Crippen molar-refractivity contribution in [3.05, 3.63) is 44.7 Å². The van der Waals surface area contributed by atoms with Crippen molar-refractivity contribution >= 4 is 60.3 Å². The summed E-state index contributed by atoms with van der Waals surface area (Å²) in [5.74, 6) is -0.520. The van der Waals surface area contributed by atoms with Gasteiger partial charge in [-0.1, -0.05) is 11.6 Å². The number of rotatable bonds is 2. The first kappa shape index (κ1) is 13.7. The molecule has 0 unspecified atom stereocenters. The van der Waals surface area contributed by atoms with Crippen molar-refractivity contribution in [1.29, 1.82) is 0 Å². The summed E-state index contributed by atoms with van der Waals surface area (Å²) in [6.45, 7) is 0. The van der Waals surface area contributed by atoms with Crippen molar-refractivity contribution in [2.75, 3.05) is 5.43 Å². The van der Waals surface area contributed by atoms with Gasteiger partial charge in [-0.3, -0.25) is 5.43 Å². The molecule has 2 aromatic heterocycles. The minimum atomic E-state index is -0.520. The highest BCUT2D eigenvalue weighted by atomic mass is 79.9. The van der Waals surface area contributed by atoms with E-state index in [0.717, 1.165) is 0 Å². The van der Waals surface area contributed by atoms with Crippen molar-refractivity contribution in [1.82, 2.24) is 19.6 Å². The average Bonchev–Trinajstić information content (AvgIpc) is 2.84. The smallest absolute Gasteiger partial charge is 0.182 e. The number of hydrogen-bond acceptors (Lipinski definition) is 4. The Labute approximate surface area is 134 Å². The van der Waals surface area contributed by atoms with Crippen LogP contribution in [0.5, 0.6) is 0 Å². The summed E-state index contributed by atoms with van der Waals surface area (Å²) in [4.78, 5) is 12.2. The zero-order valence-corrected chi connectivity index (χ0v) is 13.5. The van der Waals surface area contributed by atoms with Crippen LogP contribution in [0.2, 0.25) is 5.02 Å². The predicted octanol–water partition coefficient (Wildman–Crippen LogP) is 4.02. The Kier molecular flexibility index (Phi) is 3.61. The second-order valence-corrected chi connectivity index (χ2v) is 5.83. The molecule has 5 nitrogen and oxygen atoms in total. The molecule has 0 aliphatic carbocycles. The quantitative estimate of drug-likeness (QED) is 0.502. The molecule has 0 spiro atoms. The Morgan fingerprint density at radius 2 is 2.10 bits per heavy atom. The third kappa shape index (κ3) is 2.27. The lowest BCUT2D eigenvalue weighted by atomic mass is 10.3. The maximum absolute atomic E-state index is 13.5. The van der Waals surface area contributed by atoms with Gasteiger partial charge in [0.25, 0.3) is 0 Å². The van der Waals surface area contributed by atoms with E-state index in [1.807, 2.05) is 0 Å². The summed E-state index contributed by atoms with van der Waals surface area (Å²) in [7, 11) is 0. The molecule has 0 atom stereocenters. The van der Waals surface area contributed by atoms with Gasteiger partial charge in [-0.05, 0) is 37.9 Å². The van der Waals surface area contributed by atoms with Gasteiger partial charge < -0.3 is 0 Å². The molecule has 0 fully saturated rings. The first-order chi connectivity index (χ1) is 9.58. The average molecular weight is 421 g/mol. The highest BCUT2D eigenvalue weighted by molar-refractivity contribution is 9.11. The highest BCUT2D eigenvalue weighted by Crippen LogP contribution is 2.38. The summed E-state index contributed by atoms with van der Waals surface area (Å²) >= 11 is 12.4. The zero-order chi connectivity index (χ0) is 14.3. The fourth-order valence-electron chi connectivity index (χ4n) is 1.64. The van der Waals surface area contributed by atoms with Crippen LogP contribution in [0.15, 0.2) is 33.9 Å². The Balaban J connectivity index is 2.10. The molecule has 1 N–H and O–H groups in total. The van der Waals surface area contributed by atoms with Gasteiger partial charge >= 0.3 is 0 Å². The van der Waals surface area contributed by atoms with E-state index < -0.39 is 5.82 Å². The summed E-state index contributed by atoms with van der Waals surface area (Å²) in [5.41, 5.74) is 4.85. The monoisotopic (exact) mass is 419 g/mol. The van der Waals surface area contributed by atoms with Crippen LogP contribution >= 0.6 is 43.5 Å². The number of hydrogen-bond donors (Lipinski definition) is 1. The molecule has 0 aliphatic heterocycles. The van der Waals surface area contributed by atoms with Crippen LogP contribution in [0.4, 0.5) is 10.1 Å². The van der Waals surface area contributed by atoms with Crippen molar-refractivity contribution in [2.45, 2.75) is 0 Å². The highest BCUT2D eigenvalue weighted by Gasteiger charge is 2.15. The van der Waals surface area contributed by atoms with E-state index in [2.05, 4.69) is 52.2 Å². The number of imidazole rings is 1. The van der Waals surface area contributed by atoms with Crippen molar-refractivity contribution in [3.8, 4) is 0 Å². The van der Waals surface area contributed by atoms with E-state index in [9.17, 15) is 4.39 Å². The Morgan fingerprint density at radius 3 is 2.90 bits per heavy atom. The molecule has 0 aliphatic rings. The number of benzene rings is 1. The van der Waals surface area contributed by atoms with Gasteiger partial charge in [-0.2, -0.15) is 0 Å². The molecule has 0 saturated carbocycles. The third-order valence-corrected chi connectivity index (χ3v) is 4.58. The number of fused-ring (bicyclic) bond motifs is 1. The number of nitrogens with zero attached hydrogens (tertiary/aromatic N) is 4. The van der Waals surface area contributed by atoms with Crippen LogP contribution in [0.3, 0.4) is 0 Å². The summed E-state index contributed by atoms with van der Waals surface area (Å²) < 4.78 is 16.0. The molecule has 2 heterocycles. The lowest BCUT2D eigenvalue weighted by molar-refractivity contribution is 0.626. The zero-order valence-electron chi connectivity index (χ0n) is 9.61.